The number of ether oxygens (including phenoxy) is 1. The number of rotatable bonds is 4. The molecule has 0 fully saturated rings. The van der Waals surface area contributed by atoms with Gasteiger partial charge in [-0.15, -0.1) is 0 Å². The van der Waals surface area contributed by atoms with Gasteiger partial charge in [0.2, 0.25) is 0 Å². The van der Waals surface area contributed by atoms with Gasteiger partial charge in [-0.05, 0) is 29.8 Å². The van der Waals surface area contributed by atoms with Crippen LogP contribution >= 0.6 is 23.2 Å². The molecule has 0 atom stereocenters. The lowest BCUT2D eigenvalue weighted by atomic mass is 10.2. The van der Waals surface area contributed by atoms with Gasteiger partial charge in [0.15, 0.2) is 0 Å². The molecule has 0 bridgehead atoms. The quantitative estimate of drug-likeness (QED) is 0.778. The van der Waals surface area contributed by atoms with Crippen LogP contribution in [0, 0.1) is 0 Å². The maximum absolute atomic E-state index is 5.79. The summed E-state index contributed by atoms with van der Waals surface area (Å²) in [5.74, 6) is 0. The second kappa shape index (κ2) is 6.01. The van der Waals surface area contributed by atoms with Gasteiger partial charge in [-0.25, -0.2) is 4.98 Å². The van der Waals surface area contributed by atoms with Crippen molar-refractivity contribution in [3.05, 3.63) is 63.9 Å². The van der Waals surface area contributed by atoms with E-state index >= 15 is 0 Å². The van der Waals surface area contributed by atoms with Crippen molar-refractivity contribution in [3.63, 3.8) is 0 Å². The van der Waals surface area contributed by atoms with Crippen molar-refractivity contribution in [2.24, 2.45) is 0 Å². The monoisotopic (exact) mass is 267 g/mol. The highest BCUT2D eigenvalue weighted by Crippen LogP contribution is 2.11. The fraction of sp³-hybridized carbons (Fsp3) is 0.154. The first-order chi connectivity index (χ1) is 8.24. The molecule has 0 spiro atoms. The van der Waals surface area contributed by atoms with Gasteiger partial charge in [-0.3, -0.25) is 0 Å². The molecule has 2 nitrogen and oxygen atoms in total. The third kappa shape index (κ3) is 4.00. The topological polar surface area (TPSA) is 22.1 Å². The van der Waals surface area contributed by atoms with Gasteiger partial charge in [-0.1, -0.05) is 41.4 Å². The van der Waals surface area contributed by atoms with Crippen LogP contribution in [0.3, 0.4) is 0 Å². The average molecular weight is 268 g/mol. The molecule has 0 aliphatic rings. The standard InChI is InChI=1S/C13H11Cl2NO/c14-11-6-4-10(5-7-11)8-17-9-12-2-1-3-13(15)16-12/h1-7H,8-9H2. The molecule has 1 aromatic carbocycles. The first-order valence-electron chi connectivity index (χ1n) is 5.18. The Hall–Kier alpha value is -1.09. The lowest BCUT2D eigenvalue weighted by Crippen LogP contribution is -1.96. The third-order valence-electron chi connectivity index (χ3n) is 2.20. The maximum Gasteiger partial charge on any atom is 0.129 e. The minimum absolute atomic E-state index is 0.448. The maximum atomic E-state index is 5.79. The predicted octanol–water partition coefficient (Wildman–Crippen LogP) is 4.11. The first-order valence-corrected chi connectivity index (χ1v) is 5.93. The van der Waals surface area contributed by atoms with E-state index in [4.69, 9.17) is 27.9 Å². The van der Waals surface area contributed by atoms with Crippen LogP contribution in [-0.4, -0.2) is 4.98 Å². The number of pyridine rings is 1. The number of nitrogens with zero attached hydrogens (tertiary/aromatic N) is 1. The van der Waals surface area contributed by atoms with Gasteiger partial charge in [0.1, 0.15) is 5.15 Å². The predicted molar refractivity (Wildman–Crippen MR) is 69.2 cm³/mol. The minimum Gasteiger partial charge on any atom is -0.370 e. The summed E-state index contributed by atoms with van der Waals surface area (Å²) in [6.07, 6.45) is 0. The summed E-state index contributed by atoms with van der Waals surface area (Å²) in [6.45, 7) is 0.981. The van der Waals surface area contributed by atoms with E-state index < -0.39 is 0 Å². The van der Waals surface area contributed by atoms with Crippen LogP contribution in [-0.2, 0) is 18.0 Å². The Labute approximate surface area is 110 Å². The summed E-state index contributed by atoms with van der Waals surface area (Å²) >= 11 is 11.6. The number of benzene rings is 1. The molecule has 4 heteroatoms. The number of halogens is 2. The third-order valence-corrected chi connectivity index (χ3v) is 2.67. The molecule has 2 rings (SSSR count). The summed E-state index contributed by atoms with van der Waals surface area (Å²) < 4.78 is 5.54. The van der Waals surface area contributed by atoms with Crippen molar-refractivity contribution in [1.29, 1.82) is 0 Å². The second-order valence-electron chi connectivity index (χ2n) is 3.57. The Kier molecular flexibility index (Phi) is 4.37. The largest absolute Gasteiger partial charge is 0.370 e. The molecule has 0 aliphatic heterocycles. The summed E-state index contributed by atoms with van der Waals surface area (Å²) in [5.41, 5.74) is 1.91. The smallest absolute Gasteiger partial charge is 0.129 e. The summed E-state index contributed by atoms with van der Waals surface area (Å²) in [4.78, 5) is 4.14. The van der Waals surface area contributed by atoms with E-state index in [9.17, 15) is 0 Å². The van der Waals surface area contributed by atoms with Crippen molar-refractivity contribution in [3.8, 4) is 0 Å². The van der Waals surface area contributed by atoms with Crippen molar-refractivity contribution in [1.82, 2.24) is 4.98 Å². The Morgan fingerprint density at radius 1 is 0.941 bits per heavy atom. The lowest BCUT2D eigenvalue weighted by molar-refractivity contribution is 0.104. The number of aromatic nitrogens is 1. The van der Waals surface area contributed by atoms with Crippen LogP contribution in [0.4, 0.5) is 0 Å². The molecule has 0 N–H and O–H groups in total. The SMILES string of the molecule is Clc1ccc(COCc2cccc(Cl)n2)cc1. The van der Waals surface area contributed by atoms with Gasteiger partial charge in [0.05, 0.1) is 18.9 Å². The molecule has 88 valence electrons. The van der Waals surface area contributed by atoms with E-state index in [0.717, 1.165) is 16.3 Å². The molecule has 1 heterocycles. The Bertz CT molecular complexity index is 485. The first kappa shape index (κ1) is 12.4. The Morgan fingerprint density at radius 3 is 2.41 bits per heavy atom. The molecular formula is C13H11Cl2NO. The molecule has 0 saturated heterocycles. The molecule has 1 aromatic heterocycles. The molecule has 17 heavy (non-hydrogen) atoms. The molecule has 0 aliphatic carbocycles. The molecule has 2 aromatic rings. The zero-order valence-corrected chi connectivity index (χ0v) is 10.6. The van der Waals surface area contributed by atoms with Crippen LogP contribution in [0.25, 0.3) is 0 Å². The average Bonchev–Trinajstić information content (AvgIpc) is 2.32. The van der Waals surface area contributed by atoms with Gasteiger partial charge in [-0.2, -0.15) is 0 Å². The fourth-order valence-corrected chi connectivity index (χ4v) is 1.69. The number of hydrogen-bond acceptors (Lipinski definition) is 2. The van der Waals surface area contributed by atoms with E-state index in [1.807, 2.05) is 36.4 Å². The Morgan fingerprint density at radius 2 is 1.71 bits per heavy atom. The summed E-state index contributed by atoms with van der Waals surface area (Å²) in [5, 5.41) is 1.21. The van der Waals surface area contributed by atoms with E-state index in [0.29, 0.717) is 18.4 Å². The Balaban J connectivity index is 1.85. The van der Waals surface area contributed by atoms with E-state index in [1.165, 1.54) is 0 Å². The van der Waals surface area contributed by atoms with Gasteiger partial charge in [0, 0.05) is 5.02 Å². The highest BCUT2D eigenvalue weighted by Gasteiger charge is 1.97. The van der Waals surface area contributed by atoms with E-state index in [1.54, 1.807) is 6.07 Å². The van der Waals surface area contributed by atoms with Crippen molar-refractivity contribution < 1.29 is 4.74 Å². The van der Waals surface area contributed by atoms with Gasteiger partial charge in [0.25, 0.3) is 0 Å². The fourth-order valence-electron chi connectivity index (χ4n) is 1.38. The number of hydrogen-bond donors (Lipinski definition) is 0. The second-order valence-corrected chi connectivity index (χ2v) is 4.39. The minimum atomic E-state index is 0.448. The van der Waals surface area contributed by atoms with Crippen molar-refractivity contribution >= 4 is 23.2 Å². The van der Waals surface area contributed by atoms with E-state index in [-0.39, 0.29) is 0 Å². The normalized spacial score (nSPS) is 10.5. The van der Waals surface area contributed by atoms with Crippen molar-refractivity contribution in [2.45, 2.75) is 13.2 Å². The molecule has 0 radical (unpaired) electrons. The van der Waals surface area contributed by atoms with Crippen LogP contribution in [0.1, 0.15) is 11.3 Å². The zero-order chi connectivity index (χ0) is 12.1. The van der Waals surface area contributed by atoms with Crippen LogP contribution in [0.15, 0.2) is 42.5 Å². The lowest BCUT2D eigenvalue weighted by Gasteiger charge is -2.04. The summed E-state index contributed by atoms with van der Waals surface area (Å²) in [7, 11) is 0. The summed E-state index contributed by atoms with van der Waals surface area (Å²) in [6, 6.07) is 13.0. The van der Waals surface area contributed by atoms with Gasteiger partial charge >= 0.3 is 0 Å². The van der Waals surface area contributed by atoms with Crippen LogP contribution < -0.4 is 0 Å². The van der Waals surface area contributed by atoms with Crippen molar-refractivity contribution in [2.75, 3.05) is 0 Å². The molecule has 0 amide bonds. The van der Waals surface area contributed by atoms with Crippen LogP contribution in [0.2, 0.25) is 10.2 Å². The highest BCUT2D eigenvalue weighted by atomic mass is 35.5. The van der Waals surface area contributed by atoms with E-state index in [2.05, 4.69) is 4.98 Å². The molecular weight excluding hydrogens is 257 g/mol. The molecule has 0 unspecified atom stereocenters. The van der Waals surface area contributed by atoms with Gasteiger partial charge < -0.3 is 4.74 Å². The molecule has 0 saturated carbocycles. The van der Waals surface area contributed by atoms with Crippen LogP contribution in [0.5, 0.6) is 0 Å². The zero-order valence-electron chi connectivity index (χ0n) is 9.07. The highest BCUT2D eigenvalue weighted by molar-refractivity contribution is 6.30.